The Kier molecular flexibility index (Phi) is 6.78. The Labute approximate surface area is 215 Å². The van der Waals surface area contributed by atoms with E-state index in [1.54, 1.807) is 6.08 Å². The van der Waals surface area contributed by atoms with Gasteiger partial charge in [0.2, 0.25) is 5.17 Å². The first kappa shape index (κ1) is 24.1. The highest BCUT2D eigenvalue weighted by Crippen LogP contribution is 2.31. The number of carbonyl (C=O) groups excluding carboxylic acids is 1. The number of amides is 1. The molecule has 5 rings (SSSR count). The highest BCUT2D eigenvalue weighted by molar-refractivity contribution is 8.26. The van der Waals surface area contributed by atoms with Gasteiger partial charge in [-0.05, 0) is 60.4 Å². The summed E-state index contributed by atoms with van der Waals surface area (Å²) < 4.78 is 8.15. The third kappa shape index (κ3) is 4.60. The minimum absolute atomic E-state index is 0.0574. The van der Waals surface area contributed by atoms with Gasteiger partial charge in [0.1, 0.15) is 17.4 Å². The van der Waals surface area contributed by atoms with Crippen LogP contribution in [0.4, 0.5) is 0 Å². The molecule has 36 heavy (non-hydrogen) atoms. The van der Waals surface area contributed by atoms with Gasteiger partial charge in [0.05, 0.1) is 12.1 Å². The number of amidine groups is 2. The van der Waals surface area contributed by atoms with Crippen LogP contribution in [0.15, 0.2) is 70.4 Å². The van der Waals surface area contributed by atoms with E-state index in [4.69, 9.17) is 10.1 Å². The number of thioether (sulfide) groups is 1. The summed E-state index contributed by atoms with van der Waals surface area (Å²) >= 11 is 1.35. The normalized spacial score (nSPS) is 17.4. The molecule has 0 bridgehead atoms. The van der Waals surface area contributed by atoms with E-state index < -0.39 is 5.91 Å². The quantitative estimate of drug-likeness (QED) is 0.371. The SMILES string of the molecule is CCC1=NN2C(=N)C(=Cc3cn(CCOc4ccc(C(C)CC)cc4)c4ccccc34)C(=O)N=C2S1. The van der Waals surface area contributed by atoms with E-state index in [2.05, 4.69) is 46.7 Å². The number of nitrogens with zero attached hydrogens (tertiary/aromatic N) is 4. The third-order valence-electron chi connectivity index (χ3n) is 6.58. The van der Waals surface area contributed by atoms with Gasteiger partial charge in [-0.2, -0.15) is 15.1 Å². The zero-order valence-electron chi connectivity index (χ0n) is 20.7. The van der Waals surface area contributed by atoms with Crippen molar-refractivity contribution in [3.63, 3.8) is 0 Å². The number of rotatable bonds is 8. The average molecular weight is 500 g/mol. The van der Waals surface area contributed by atoms with E-state index in [-0.39, 0.29) is 11.4 Å². The molecule has 1 atom stereocenters. The molecule has 0 spiro atoms. The number of aromatic nitrogens is 1. The zero-order valence-corrected chi connectivity index (χ0v) is 21.5. The molecule has 3 heterocycles. The predicted octanol–water partition coefficient (Wildman–Crippen LogP) is 6.26. The summed E-state index contributed by atoms with van der Waals surface area (Å²) in [6.45, 7) is 7.58. The lowest BCUT2D eigenvalue weighted by atomic mass is 9.99. The lowest BCUT2D eigenvalue weighted by molar-refractivity contribution is -0.114. The number of hydrazone groups is 1. The molecule has 0 fully saturated rings. The van der Waals surface area contributed by atoms with Crippen molar-refractivity contribution in [1.82, 2.24) is 9.58 Å². The van der Waals surface area contributed by atoms with Gasteiger partial charge in [0.25, 0.3) is 5.91 Å². The zero-order chi connectivity index (χ0) is 25.2. The van der Waals surface area contributed by atoms with Crippen LogP contribution in [-0.2, 0) is 11.3 Å². The monoisotopic (exact) mass is 499 g/mol. The molecule has 1 N–H and O–H groups in total. The molecule has 2 aliphatic heterocycles. The molecule has 1 aromatic heterocycles. The molecule has 2 aromatic carbocycles. The van der Waals surface area contributed by atoms with Crippen LogP contribution in [-0.4, -0.2) is 38.1 Å². The molecule has 0 saturated carbocycles. The summed E-state index contributed by atoms with van der Waals surface area (Å²) in [5.41, 5.74) is 3.47. The first-order chi connectivity index (χ1) is 17.5. The first-order valence-corrected chi connectivity index (χ1v) is 13.1. The molecule has 0 radical (unpaired) electrons. The molecule has 7 nitrogen and oxygen atoms in total. The number of fused-ring (bicyclic) bond motifs is 2. The smallest absolute Gasteiger partial charge is 0.283 e. The van der Waals surface area contributed by atoms with Crippen LogP contribution in [0.2, 0.25) is 0 Å². The van der Waals surface area contributed by atoms with Gasteiger partial charge in [-0.15, -0.1) is 0 Å². The third-order valence-corrected chi connectivity index (χ3v) is 7.63. The Hall–Kier alpha value is -3.65. The molecule has 0 saturated heterocycles. The van der Waals surface area contributed by atoms with Crippen molar-refractivity contribution in [2.24, 2.45) is 10.1 Å². The van der Waals surface area contributed by atoms with Gasteiger partial charge in [-0.25, -0.2) is 0 Å². The molecular weight excluding hydrogens is 470 g/mol. The van der Waals surface area contributed by atoms with Gasteiger partial charge in [0.15, 0.2) is 5.84 Å². The molecule has 184 valence electrons. The number of benzene rings is 2. The number of para-hydroxylation sites is 1. The van der Waals surface area contributed by atoms with Crippen molar-refractivity contribution in [3.8, 4) is 5.75 Å². The fourth-order valence-electron chi connectivity index (χ4n) is 4.30. The van der Waals surface area contributed by atoms with Gasteiger partial charge >= 0.3 is 0 Å². The standard InChI is InChI=1S/C28H29N5O2S/c1-4-18(3)19-10-12-21(13-11-19)35-15-14-32-17-20(22-8-6-7-9-24(22)32)16-23-26(29)33-28(30-27(23)34)36-25(5-2)31-33/h6-13,16-18,29H,4-5,14-15H2,1-3H3. The maximum absolute atomic E-state index is 12.8. The van der Waals surface area contributed by atoms with Crippen LogP contribution < -0.4 is 4.74 Å². The topological polar surface area (TPSA) is 83.0 Å². The Balaban J connectivity index is 1.36. The Bertz CT molecular complexity index is 1420. The van der Waals surface area contributed by atoms with Gasteiger partial charge in [-0.3, -0.25) is 10.2 Å². The van der Waals surface area contributed by atoms with Crippen molar-refractivity contribution in [1.29, 1.82) is 5.41 Å². The second-order valence-corrected chi connectivity index (χ2v) is 9.93. The summed E-state index contributed by atoms with van der Waals surface area (Å²) in [7, 11) is 0. The van der Waals surface area contributed by atoms with E-state index in [1.807, 2.05) is 43.5 Å². The second-order valence-electron chi connectivity index (χ2n) is 8.89. The largest absolute Gasteiger partial charge is 0.492 e. The van der Waals surface area contributed by atoms with Gasteiger partial charge in [-0.1, -0.05) is 51.1 Å². The van der Waals surface area contributed by atoms with E-state index in [0.29, 0.717) is 24.2 Å². The van der Waals surface area contributed by atoms with Gasteiger partial charge in [0, 0.05) is 22.7 Å². The summed E-state index contributed by atoms with van der Waals surface area (Å²) in [5.74, 6) is 1.04. The maximum atomic E-state index is 12.8. The summed E-state index contributed by atoms with van der Waals surface area (Å²) in [6.07, 6.45) is 5.61. The summed E-state index contributed by atoms with van der Waals surface area (Å²) in [6, 6.07) is 16.4. The van der Waals surface area contributed by atoms with Crippen LogP contribution in [0, 0.1) is 5.41 Å². The number of aliphatic imine (C=N–C) groups is 1. The lowest BCUT2D eigenvalue weighted by Gasteiger charge is -2.20. The number of nitrogens with one attached hydrogen (secondary N) is 1. The molecule has 1 amide bonds. The van der Waals surface area contributed by atoms with E-state index in [9.17, 15) is 4.79 Å². The van der Waals surface area contributed by atoms with Crippen LogP contribution in [0.25, 0.3) is 17.0 Å². The fraction of sp³-hybridized carbons (Fsp3) is 0.286. The van der Waals surface area contributed by atoms with Crippen molar-refractivity contribution in [2.75, 3.05) is 6.61 Å². The highest BCUT2D eigenvalue weighted by Gasteiger charge is 2.35. The predicted molar refractivity (Wildman–Crippen MR) is 148 cm³/mol. The van der Waals surface area contributed by atoms with Crippen LogP contribution in [0.3, 0.4) is 0 Å². The Morgan fingerprint density at radius 1 is 1.14 bits per heavy atom. The average Bonchev–Trinajstić information content (AvgIpc) is 3.48. The molecule has 8 heteroatoms. The van der Waals surface area contributed by atoms with Crippen molar-refractivity contribution in [2.45, 2.75) is 46.1 Å². The molecule has 2 aliphatic rings. The minimum Gasteiger partial charge on any atom is -0.492 e. The molecule has 0 aliphatic carbocycles. The maximum Gasteiger partial charge on any atom is 0.283 e. The van der Waals surface area contributed by atoms with Crippen LogP contribution >= 0.6 is 11.8 Å². The number of carbonyl (C=O) groups is 1. The van der Waals surface area contributed by atoms with Crippen molar-refractivity contribution in [3.05, 3.63) is 71.4 Å². The number of ether oxygens (including phenoxy) is 1. The minimum atomic E-state index is -0.410. The van der Waals surface area contributed by atoms with Crippen LogP contribution in [0.1, 0.15) is 50.7 Å². The van der Waals surface area contributed by atoms with E-state index in [1.165, 1.54) is 22.3 Å². The fourth-order valence-corrected chi connectivity index (χ4v) is 5.12. The highest BCUT2D eigenvalue weighted by atomic mass is 32.2. The second kappa shape index (κ2) is 10.1. The van der Waals surface area contributed by atoms with Gasteiger partial charge < -0.3 is 9.30 Å². The Morgan fingerprint density at radius 3 is 2.67 bits per heavy atom. The van der Waals surface area contributed by atoms with Crippen molar-refractivity contribution < 1.29 is 9.53 Å². The lowest BCUT2D eigenvalue weighted by Crippen LogP contribution is -2.35. The van der Waals surface area contributed by atoms with Crippen LogP contribution in [0.5, 0.6) is 5.75 Å². The van der Waals surface area contributed by atoms with E-state index in [0.717, 1.165) is 40.1 Å². The van der Waals surface area contributed by atoms with Crippen molar-refractivity contribution >= 4 is 50.7 Å². The Morgan fingerprint density at radius 2 is 1.92 bits per heavy atom. The summed E-state index contributed by atoms with van der Waals surface area (Å²) in [5, 5.41) is 16.8. The van der Waals surface area contributed by atoms with E-state index >= 15 is 0 Å². The molecule has 3 aromatic rings. The molecular formula is C28H29N5O2S. The first-order valence-electron chi connectivity index (χ1n) is 12.3. The number of hydrogen-bond acceptors (Lipinski definition) is 5. The number of hydrogen-bond donors (Lipinski definition) is 1. The summed E-state index contributed by atoms with van der Waals surface area (Å²) in [4.78, 5) is 17.0. The molecule has 1 unspecified atom stereocenters.